The fourth-order valence-electron chi connectivity index (χ4n) is 2.27. The first-order valence-corrected chi connectivity index (χ1v) is 5.91. The minimum absolute atomic E-state index is 0.297. The summed E-state index contributed by atoms with van der Waals surface area (Å²) in [4.78, 5) is 5.13. The van der Waals surface area contributed by atoms with Crippen LogP contribution in [0.15, 0.2) is 5.11 Å². The fourth-order valence-corrected chi connectivity index (χ4v) is 2.27. The lowest BCUT2D eigenvalue weighted by molar-refractivity contribution is 0.0797. The second-order valence-electron chi connectivity index (χ2n) is 5.03. The van der Waals surface area contributed by atoms with E-state index in [0.29, 0.717) is 17.9 Å². The van der Waals surface area contributed by atoms with Crippen LogP contribution in [0.5, 0.6) is 0 Å². The molecule has 0 N–H and O–H groups in total. The van der Waals surface area contributed by atoms with Crippen molar-refractivity contribution in [3.8, 4) is 0 Å². The molecule has 0 amide bonds. The number of azide groups is 1. The molecular formula is C11H22N4O. The Bertz CT molecular complexity index is 261. The van der Waals surface area contributed by atoms with Crippen molar-refractivity contribution in [2.45, 2.75) is 20.8 Å². The molecule has 0 aromatic carbocycles. The van der Waals surface area contributed by atoms with Crippen molar-refractivity contribution in [3.05, 3.63) is 10.4 Å². The van der Waals surface area contributed by atoms with Gasteiger partial charge in [0.2, 0.25) is 0 Å². The van der Waals surface area contributed by atoms with Crippen LogP contribution in [0.1, 0.15) is 20.8 Å². The van der Waals surface area contributed by atoms with Crippen molar-refractivity contribution in [3.63, 3.8) is 0 Å². The zero-order chi connectivity index (χ0) is 12.0. The molecule has 92 valence electrons. The summed E-state index contributed by atoms with van der Waals surface area (Å²) in [5, 5.41) is 3.58. The van der Waals surface area contributed by atoms with Crippen LogP contribution in [0, 0.1) is 11.3 Å². The van der Waals surface area contributed by atoms with Gasteiger partial charge in [-0.3, -0.25) is 0 Å². The van der Waals surface area contributed by atoms with Gasteiger partial charge in [0.1, 0.15) is 0 Å². The topological polar surface area (TPSA) is 61.2 Å². The summed E-state index contributed by atoms with van der Waals surface area (Å²) in [6.07, 6.45) is 0. The first-order chi connectivity index (χ1) is 7.60. The lowest BCUT2D eigenvalue weighted by atomic mass is 9.83. The van der Waals surface area contributed by atoms with E-state index in [1.807, 2.05) is 6.92 Å². The summed E-state index contributed by atoms with van der Waals surface area (Å²) < 4.78 is 5.52. The summed E-state index contributed by atoms with van der Waals surface area (Å²) in [5.41, 5.74) is 8.53. The second kappa shape index (κ2) is 6.09. The summed E-state index contributed by atoms with van der Waals surface area (Å²) >= 11 is 0. The molecule has 1 saturated heterocycles. The van der Waals surface area contributed by atoms with E-state index in [1.165, 1.54) is 0 Å². The molecule has 1 heterocycles. The molecule has 1 fully saturated rings. The minimum atomic E-state index is 0.297. The molecular weight excluding hydrogens is 204 g/mol. The van der Waals surface area contributed by atoms with Crippen LogP contribution in [0.4, 0.5) is 0 Å². The maximum absolute atomic E-state index is 8.23. The molecule has 0 bridgehead atoms. The lowest BCUT2D eigenvalue weighted by Crippen LogP contribution is -2.26. The molecule has 16 heavy (non-hydrogen) atoms. The smallest absolute Gasteiger partial charge is 0.0511 e. The Morgan fingerprint density at radius 1 is 1.56 bits per heavy atom. The highest BCUT2D eigenvalue weighted by Crippen LogP contribution is 2.35. The predicted octanol–water partition coefficient (Wildman–Crippen LogP) is 2.29. The average Bonchev–Trinajstić information content (AvgIpc) is 2.51. The van der Waals surface area contributed by atoms with Crippen molar-refractivity contribution >= 4 is 0 Å². The molecule has 1 aliphatic rings. The minimum Gasteiger partial charge on any atom is -0.381 e. The van der Waals surface area contributed by atoms with Crippen molar-refractivity contribution in [1.82, 2.24) is 4.90 Å². The second-order valence-corrected chi connectivity index (χ2v) is 5.03. The summed E-state index contributed by atoms with van der Waals surface area (Å²) in [7, 11) is 0. The monoisotopic (exact) mass is 226 g/mol. The summed E-state index contributed by atoms with van der Waals surface area (Å²) in [5.74, 6) is 0.582. The Hall–Kier alpha value is -0.770. The number of hydrogen-bond donors (Lipinski definition) is 0. The zero-order valence-electron chi connectivity index (χ0n) is 10.5. The maximum Gasteiger partial charge on any atom is 0.0511 e. The molecule has 1 atom stereocenters. The highest BCUT2D eigenvalue weighted by molar-refractivity contribution is 4.90. The highest BCUT2D eigenvalue weighted by Gasteiger charge is 2.38. The number of nitrogens with zero attached hydrogens (tertiary/aromatic N) is 4. The largest absolute Gasteiger partial charge is 0.381 e. The average molecular weight is 226 g/mol. The van der Waals surface area contributed by atoms with Gasteiger partial charge in [-0.2, -0.15) is 0 Å². The van der Waals surface area contributed by atoms with Crippen LogP contribution >= 0.6 is 0 Å². The molecule has 0 aliphatic carbocycles. The molecule has 0 radical (unpaired) electrons. The summed E-state index contributed by atoms with van der Waals surface area (Å²) in [6.45, 7) is 11.7. The molecule has 0 spiro atoms. The molecule has 5 nitrogen and oxygen atoms in total. The summed E-state index contributed by atoms with van der Waals surface area (Å²) in [6, 6.07) is 0. The molecule has 1 rings (SSSR count). The normalized spacial score (nSPS) is 24.3. The Labute approximate surface area is 97.4 Å². The van der Waals surface area contributed by atoms with Gasteiger partial charge in [-0.15, -0.1) is 0 Å². The predicted molar refractivity (Wildman–Crippen MR) is 64.2 cm³/mol. The van der Waals surface area contributed by atoms with E-state index in [4.69, 9.17) is 10.3 Å². The van der Waals surface area contributed by atoms with E-state index < -0.39 is 0 Å². The third-order valence-electron chi connectivity index (χ3n) is 3.32. The third-order valence-corrected chi connectivity index (χ3v) is 3.32. The zero-order valence-corrected chi connectivity index (χ0v) is 10.5. The molecule has 0 aromatic rings. The number of likely N-dealkylation sites (tertiary alicyclic amines) is 1. The van der Waals surface area contributed by atoms with E-state index >= 15 is 0 Å². The molecule has 0 unspecified atom stereocenters. The first-order valence-electron chi connectivity index (χ1n) is 5.91. The molecule has 5 heteroatoms. The number of ether oxygens (including phenoxy) is 1. The maximum atomic E-state index is 8.23. The third kappa shape index (κ3) is 3.67. The van der Waals surface area contributed by atoms with Crippen molar-refractivity contribution in [2.75, 3.05) is 39.4 Å². The highest BCUT2D eigenvalue weighted by atomic mass is 16.5. The van der Waals surface area contributed by atoms with Crippen LogP contribution < -0.4 is 0 Å². The number of rotatable bonds is 6. The van der Waals surface area contributed by atoms with E-state index in [2.05, 4.69) is 28.8 Å². The van der Waals surface area contributed by atoms with Crippen LogP contribution in [-0.2, 0) is 4.74 Å². The van der Waals surface area contributed by atoms with E-state index in [0.717, 1.165) is 32.8 Å². The van der Waals surface area contributed by atoms with E-state index in [1.54, 1.807) is 0 Å². The van der Waals surface area contributed by atoms with Crippen molar-refractivity contribution in [1.29, 1.82) is 0 Å². The van der Waals surface area contributed by atoms with Gasteiger partial charge < -0.3 is 9.64 Å². The molecule has 0 saturated carbocycles. The van der Waals surface area contributed by atoms with E-state index in [-0.39, 0.29) is 0 Å². The molecule has 1 aliphatic heterocycles. The first kappa shape index (κ1) is 13.3. The fraction of sp³-hybridized carbons (Fsp3) is 1.00. The Morgan fingerprint density at radius 2 is 2.31 bits per heavy atom. The van der Waals surface area contributed by atoms with Crippen LogP contribution in [0.25, 0.3) is 10.4 Å². The SMILES string of the molecule is CCOC[C@H]1CN(CCN=[N+]=[N-])CC1(C)C. The van der Waals surface area contributed by atoms with Gasteiger partial charge >= 0.3 is 0 Å². The number of hydrogen-bond acceptors (Lipinski definition) is 3. The van der Waals surface area contributed by atoms with E-state index in [9.17, 15) is 0 Å². The Kier molecular flexibility index (Phi) is 5.06. The van der Waals surface area contributed by atoms with Gasteiger partial charge in [0, 0.05) is 43.6 Å². The molecule has 0 aromatic heterocycles. The Morgan fingerprint density at radius 3 is 2.94 bits per heavy atom. The van der Waals surface area contributed by atoms with Crippen LogP contribution in [0.3, 0.4) is 0 Å². The standard InChI is InChI=1S/C11H22N4O/c1-4-16-8-10-7-15(6-5-13-14-12)9-11(10,2)3/h10H,4-9H2,1-3H3/t10-/m1/s1. The van der Waals surface area contributed by atoms with Gasteiger partial charge in [-0.1, -0.05) is 19.0 Å². The van der Waals surface area contributed by atoms with Crippen molar-refractivity contribution in [2.24, 2.45) is 16.4 Å². The van der Waals surface area contributed by atoms with Gasteiger partial charge in [0.05, 0.1) is 6.61 Å². The van der Waals surface area contributed by atoms with Crippen molar-refractivity contribution < 1.29 is 4.74 Å². The Balaban J connectivity index is 2.40. The lowest BCUT2D eigenvalue weighted by Gasteiger charge is -2.25. The van der Waals surface area contributed by atoms with Gasteiger partial charge in [0.15, 0.2) is 0 Å². The van der Waals surface area contributed by atoms with Crippen LogP contribution in [0.2, 0.25) is 0 Å². The quantitative estimate of drug-likeness (QED) is 0.396. The van der Waals surface area contributed by atoms with Gasteiger partial charge in [-0.05, 0) is 17.9 Å². The van der Waals surface area contributed by atoms with Crippen LogP contribution in [-0.4, -0.2) is 44.3 Å². The van der Waals surface area contributed by atoms with Gasteiger partial charge in [-0.25, -0.2) is 0 Å². The van der Waals surface area contributed by atoms with Gasteiger partial charge in [0.25, 0.3) is 0 Å².